The largest absolute Gasteiger partial charge is 0.578 e. The van der Waals surface area contributed by atoms with E-state index < -0.39 is 6.17 Å². The molecule has 152 valence electrons. The maximum absolute atomic E-state index is 13.7. The molecule has 0 radical (unpaired) electrons. The van der Waals surface area contributed by atoms with Crippen LogP contribution >= 0.6 is 0 Å². The highest BCUT2D eigenvalue weighted by molar-refractivity contribution is 6.01. The monoisotopic (exact) mass is 388 g/mol. The van der Waals surface area contributed by atoms with E-state index >= 15 is 0 Å². The molecule has 1 unspecified atom stereocenters. The fourth-order valence-electron chi connectivity index (χ4n) is 3.52. The van der Waals surface area contributed by atoms with Gasteiger partial charge in [-0.1, -0.05) is 13.8 Å². The molecule has 3 rings (SSSR count). The summed E-state index contributed by atoms with van der Waals surface area (Å²) in [6.07, 6.45) is 1.55. The van der Waals surface area contributed by atoms with Crippen molar-refractivity contribution >= 4 is 22.6 Å². The molecule has 1 aromatic heterocycles. The highest BCUT2D eigenvalue weighted by atomic mass is 19.1. The number of nitrogens with two attached hydrogens (primary N) is 1. The van der Waals surface area contributed by atoms with Crippen molar-refractivity contribution in [1.29, 1.82) is 0 Å². The summed E-state index contributed by atoms with van der Waals surface area (Å²) >= 11 is 0. The molecule has 0 amide bonds. The Balaban J connectivity index is 1.90. The average molecular weight is 389 g/mol. The summed E-state index contributed by atoms with van der Waals surface area (Å²) in [4.78, 5) is 11.1. The standard InChI is InChI=1S/C21H30FN5O/c1-13(2)12-24-17-6-8-27(9-7-17)20-18(21(28)25-14(3)23)10-15-4-5-16(22)11-19(15)26-20/h4-5,10-11,13-14,17,24H,6-9,12,23H2,1-3H3,(H,25,28)/p+1. The Labute approximate surface area is 165 Å². The number of halogens is 1. The Morgan fingerprint density at radius 1 is 1.32 bits per heavy atom. The molecule has 0 spiro atoms. The quantitative estimate of drug-likeness (QED) is 0.452. The van der Waals surface area contributed by atoms with Gasteiger partial charge >= 0.3 is 5.90 Å². The molecule has 1 aliphatic rings. The van der Waals surface area contributed by atoms with E-state index in [1.54, 1.807) is 13.0 Å². The van der Waals surface area contributed by atoms with Crippen LogP contribution in [0.3, 0.4) is 0 Å². The number of hydrogen-bond acceptors (Lipinski definition) is 5. The second-order valence-corrected chi connectivity index (χ2v) is 7.98. The van der Waals surface area contributed by atoms with Crippen molar-refractivity contribution in [2.45, 2.75) is 45.8 Å². The molecule has 2 aromatic rings. The van der Waals surface area contributed by atoms with Gasteiger partial charge in [0.2, 0.25) is 0 Å². The minimum absolute atomic E-state index is 0.115. The van der Waals surface area contributed by atoms with Crippen LogP contribution in [0.5, 0.6) is 0 Å². The molecule has 0 aliphatic carbocycles. The van der Waals surface area contributed by atoms with E-state index in [9.17, 15) is 4.39 Å². The van der Waals surface area contributed by atoms with Crippen molar-refractivity contribution in [2.24, 2.45) is 16.6 Å². The Morgan fingerprint density at radius 2 is 2.04 bits per heavy atom. The average Bonchev–Trinajstić information content (AvgIpc) is 2.65. The third kappa shape index (κ3) is 4.97. The minimum Gasteiger partial charge on any atom is -0.578 e. The van der Waals surface area contributed by atoms with Crippen LogP contribution in [-0.4, -0.2) is 47.8 Å². The van der Waals surface area contributed by atoms with Gasteiger partial charge in [0.15, 0.2) is 0 Å². The predicted octanol–water partition coefficient (Wildman–Crippen LogP) is 2.36. The van der Waals surface area contributed by atoms with Crippen molar-refractivity contribution in [3.8, 4) is 0 Å². The molecule has 1 aliphatic heterocycles. The smallest absolute Gasteiger partial charge is 0.365 e. The van der Waals surface area contributed by atoms with Crippen LogP contribution in [-0.2, 0) is 0 Å². The number of nitrogens with one attached hydrogen (secondary N) is 1. The Kier molecular flexibility index (Phi) is 6.46. The van der Waals surface area contributed by atoms with Crippen LogP contribution < -0.4 is 16.0 Å². The normalized spacial score (nSPS) is 17.5. The first-order valence-corrected chi connectivity index (χ1v) is 9.97. The number of aliphatic imine (C=N–C) groups is 1. The second-order valence-electron chi connectivity index (χ2n) is 7.98. The van der Waals surface area contributed by atoms with Crippen molar-refractivity contribution in [2.75, 3.05) is 24.5 Å². The lowest BCUT2D eigenvalue weighted by molar-refractivity contribution is 0.391. The fraction of sp³-hybridized carbons (Fsp3) is 0.524. The van der Waals surface area contributed by atoms with E-state index in [0.29, 0.717) is 28.9 Å². The first-order chi connectivity index (χ1) is 13.3. The Bertz CT molecular complexity index is 844. The summed E-state index contributed by atoms with van der Waals surface area (Å²) in [7, 11) is 0. The Morgan fingerprint density at radius 3 is 2.68 bits per heavy atom. The summed E-state index contributed by atoms with van der Waals surface area (Å²) in [5, 5.41) is 12.8. The van der Waals surface area contributed by atoms with E-state index in [1.165, 1.54) is 12.1 Å². The van der Waals surface area contributed by atoms with Crippen LogP contribution in [0.25, 0.3) is 10.9 Å². The number of rotatable bonds is 6. The number of pyridine rings is 1. The molecule has 1 fully saturated rings. The Hall–Kier alpha value is -2.25. The molecule has 2 heterocycles. The summed E-state index contributed by atoms with van der Waals surface area (Å²) in [5.74, 6) is 1.12. The SMILES string of the molecule is CC(C)CNC1CCN(c2nc3cc(F)ccc3cc2C([OH2+])=NC(C)N)CC1. The number of benzene rings is 1. The van der Waals surface area contributed by atoms with E-state index in [-0.39, 0.29) is 11.7 Å². The molecule has 6 nitrogen and oxygen atoms in total. The van der Waals surface area contributed by atoms with Gasteiger partial charge in [-0.05, 0) is 50.4 Å². The molecule has 1 aromatic carbocycles. The summed E-state index contributed by atoms with van der Waals surface area (Å²) < 4.78 is 13.7. The number of piperidine rings is 1. The van der Waals surface area contributed by atoms with Gasteiger partial charge in [-0.25, -0.2) is 9.37 Å². The van der Waals surface area contributed by atoms with E-state index in [2.05, 4.69) is 29.1 Å². The van der Waals surface area contributed by atoms with Gasteiger partial charge in [-0.3, -0.25) is 0 Å². The summed E-state index contributed by atoms with van der Waals surface area (Å²) in [6.45, 7) is 8.84. The number of aromatic nitrogens is 1. The van der Waals surface area contributed by atoms with Crippen molar-refractivity contribution in [3.05, 3.63) is 35.6 Å². The fourth-order valence-corrected chi connectivity index (χ4v) is 3.52. The molecule has 28 heavy (non-hydrogen) atoms. The van der Waals surface area contributed by atoms with Crippen LogP contribution in [0.1, 0.15) is 39.2 Å². The summed E-state index contributed by atoms with van der Waals surface area (Å²) in [5.41, 5.74) is 7.00. The number of hydrogen-bond donors (Lipinski definition) is 2. The number of fused-ring (bicyclic) bond motifs is 1. The third-order valence-electron chi connectivity index (χ3n) is 4.96. The van der Waals surface area contributed by atoms with Gasteiger partial charge in [0.1, 0.15) is 23.4 Å². The highest BCUT2D eigenvalue weighted by Gasteiger charge is 2.26. The van der Waals surface area contributed by atoms with Crippen LogP contribution in [0.4, 0.5) is 10.2 Å². The maximum atomic E-state index is 13.7. The topological polar surface area (TPSA) is 89.4 Å². The van der Waals surface area contributed by atoms with Crippen molar-refractivity contribution in [3.63, 3.8) is 0 Å². The molecular weight excluding hydrogens is 357 g/mol. The van der Waals surface area contributed by atoms with Gasteiger partial charge in [-0.15, -0.1) is 0 Å². The zero-order chi connectivity index (χ0) is 20.3. The van der Waals surface area contributed by atoms with Crippen LogP contribution in [0.2, 0.25) is 0 Å². The minimum atomic E-state index is -0.463. The molecule has 0 saturated carbocycles. The van der Waals surface area contributed by atoms with Gasteiger partial charge in [0.25, 0.3) is 0 Å². The highest BCUT2D eigenvalue weighted by Crippen LogP contribution is 2.27. The molecule has 5 N–H and O–H groups in total. The molecule has 0 bridgehead atoms. The zero-order valence-corrected chi connectivity index (χ0v) is 16.9. The van der Waals surface area contributed by atoms with E-state index in [4.69, 9.17) is 15.8 Å². The summed E-state index contributed by atoms with van der Waals surface area (Å²) in [6, 6.07) is 6.89. The van der Waals surface area contributed by atoms with Crippen LogP contribution in [0.15, 0.2) is 29.3 Å². The van der Waals surface area contributed by atoms with Crippen molar-refractivity contribution in [1.82, 2.24) is 10.3 Å². The lowest BCUT2D eigenvalue weighted by Gasteiger charge is -2.34. The van der Waals surface area contributed by atoms with Gasteiger partial charge < -0.3 is 21.1 Å². The van der Waals surface area contributed by atoms with Crippen LogP contribution in [0, 0.1) is 11.7 Å². The lowest BCUT2D eigenvalue weighted by Crippen LogP contribution is -2.44. The van der Waals surface area contributed by atoms with Gasteiger partial charge in [0, 0.05) is 30.6 Å². The predicted molar refractivity (Wildman–Crippen MR) is 114 cm³/mol. The van der Waals surface area contributed by atoms with Gasteiger partial charge in [0.05, 0.1) is 5.52 Å². The van der Waals surface area contributed by atoms with Crippen molar-refractivity contribution < 1.29 is 9.50 Å². The van der Waals surface area contributed by atoms with E-state index in [0.717, 1.165) is 37.9 Å². The molecule has 1 atom stereocenters. The second kappa shape index (κ2) is 8.84. The molecule has 7 heteroatoms. The molecular formula is C21H31FN5O+. The number of anilines is 1. The van der Waals surface area contributed by atoms with E-state index in [1.807, 2.05) is 6.07 Å². The first-order valence-electron chi connectivity index (χ1n) is 9.97. The molecule has 1 saturated heterocycles. The lowest BCUT2D eigenvalue weighted by atomic mass is 10.0. The third-order valence-corrected chi connectivity index (χ3v) is 4.96. The van der Waals surface area contributed by atoms with Gasteiger partial charge in [-0.2, -0.15) is 4.99 Å². The first kappa shape index (κ1) is 20.5. The maximum Gasteiger partial charge on any atom is 0.365 e. The number of nitrogens with zero attached hydrogens (tertiary/aromatic N) is 3. The zero-order valence-electron chi connectivity index (χ0n) is 16.9.